The molecule has 1 aliphatic carbocycles. The number of ether oxygens (including phenoxy) is 2. The Labute approximate surface area is 187 Å². The summed E-state index contributed by atoms with van der Waals surface area (Å²) < 4.78 is 11.1. The molecule has 8 heteroatoms. The number of carbonyl (C=O) groups excluding carboxylic acids is 2. The fourth-order valence-corrected chi connectivity index (χ4v) is 4.19. The van der Waals surface area contributed by atoms with Gasteiger partial charge >= 0.3 is 0 Å². The van der Waals surface area contributed by atoms with E-state index in [-0.39, 0.29) is 23.8 Å². The Hall–Kier alpha value is -3.10. The second-order valence-electron chi connectivity index (χ2n) is 8.09. The molecule has 0 radical (unpaired) electrons. The molecule has 3 N–H and O–H groups in total. The van der Waals surface area contributed by atoms with Gasteiger partial charge in [-0.2, -0.15) is 0 Å². The average molecular weight is 440 g/mol. The highest BCUT2D eigenvalue weighted by molar-refractivity contribution is 6.07. The third kappa shape index (κ3) is 4.42. The first kappa shape index (κ1) is 22.1. The lowest BCUT2D eigenvalue weighted by Crippen LogP contribution is -2.31. The van der Waals surface area contributed by atoms with Crippen LogP contribution in [0, 0.1) is 5.92 Å². The smallest absolute Gasteiger partial charge is 0.257 e. The minimum Gasteiger partial charge on any atom is -0.493 e. The lowest BCUT2D eigenvalue weighted by atomic mass is 10.0. The van der Waals surface area contributed by atoms with Crippen LogP contribution in [-0.2, 0) is 11.3 Å². The van der Waals surface area contributed by atoms with E-state index in [0.29, 0.717) is 48.9 Å². The molecule has 1 fully saturated rings. The largest absolute Gasteiger partial charge is 0.493 e. The van der Waals surface area contributed by atoms with E-state index in [4.69, 9.17) is 9.47 Å². The van der Waals surface area contributed by atoms with Gasteiger partial charge in [-0.1, -0.05) is 18.2 Å². The Bertz CT molecular complexity index is 1010. The molecule has 0 saturated heterocycles. The molecule has 32 heavy (non-hydrogen) atoms. The fraction of sp³-hybridized carbons (Fsp3) is 0.417. The van der Waals surface area contributed by atoms with Crippen molar-refractivity contribution < 1.29 is 24.3 Å². The summed E-state index contributed by atoms with van der Waals surface area (Å²) in [4.78, 5) is 27.6. The molecule has 8 nitrogen and oxygen atoms in total. The van der Waals surface area contributed by atoms with Crippen molar-refractivity contribution in [1.29, 1.82) is 0 Å². The SMILES string of the molecule is CCOc1cc([C@@H](CCNO)N2Cc3cccc(NC(=O)C4CC4)c3C2=O)ccc1OC. The van der Waals surface area contributed by atoms with Crippen LogP contribution in [0.2, 0.25) is 0 Å². The molecule has 4 rings (SSSR count). The van der Waals surface area contributed by atoms with E-state index >= 15 is 0 Å². The maximum Gasteiger partial charge on any atom is 0.257 e. The van der Waals surface area contributed by atoms with Crippen LogP contribution in [0.5, 0.6) is 11.5 Å². The molecule has 170 valence electrons. The highest BCUT2D eigenvalue weighted by Gasteiger charge is 2.37. The Morgan fingerprint density at radius 3 is 2.75 bits per heavy atom. The Morgan fingerprint density at radius 1 is 1.25 bits per heavy atom. The number of hydrogen-bond donors (Lipinski definition) is 3. The molecule has 0 spiro atoms. The first-order valence-electron chi connectivity index (χ1n) is 11.0. The second kappa shape index (κ2) is 9.58. The number of benzene rings is 2. The van der Waals surface area contributed by atoms with E-state index in [2.05, 4.69) is 10.8 Å². The molecule has 2 aromatic rings. The third-order valence-electron chi connectivity index (χ3n) is 5.95. The monoisotopic (exact) mass is 439 g/mol. The zero-order valence-electron chi connectivity index (χ0n) is 18.4. The normalized spacial score (nSPS) is 16.0. The Morgan fingerprint density at radius 2 is 2.06 bits per heavy atom. The summed E-state index contributed by atoms with van der Waals surface area (Å²) in [6.45, 7) is 3.12. The summed E-state index contributed by atoms with van der Waals surface area (Å²) in [5, 5.41) is 12.2. The number of hydroxylamine groups is 1. The van der Waals surface area contributed by atoms with Crippen molar-refractivity contribution in [1.82, 2.24) is 10.4 Å². The van der Waals surface area contributed by atoms with Crippen LogP contribution >= 0.6 is 0 Å². The maximum absolute atomic E-state index is 13.5. The molecule has 2 aromatic carbocycles. The standard InChI is InChI=1S/C24H29N3O5/c1-3-32-21-13-16(9-10-20(21)31-2)19(11-12-25-30)27-14-17-5-4-6-18(22(17)24(27)29)26-23(28)15-7-8-15/h4-6,9-10,13,15,19,25,30H,3,7-8,11-12,14H2,1-2H3,(H,26,28)/t19-/m1/s1. The number of methoxy groups -OCH3 is 1. The fourth-order valence-electron chi connectivity index (χ4n) is 4.19. The van der Waals surface area contributed by atoms with E-state index in [0.717, 1.165) is 24.0 Å². The van der Waals surface area contributed by atoms with Crippen LogP contribution in [0.15, 0.2) is 36.4 Å². The van der Waals surface area contributed by atoms with Crippen LogP contribution in [0.3, 0.4) is 0 Å². The molecule has 2 aliphatic rings. The zero-order chi connectivity index (χ0) is 22.7. The van der Waals surface area contributed by atoms with Gasteiger partial charge in [0, 0.05) is 19.0 Å². The molecule has 2 amide bonds. The highest BCUT2D eigenvalue weighted by atomic mass is 16.5. The van der Waals surface area contributed by atoms with Gasteiger partial charge in [-0.3, -0.25) is 9.59 Å². The van der Waals surface area contributed by atoms with Gasteiger partial charge in [0.25, 0.3) is 5.91 Å². The van der Waals surface area contributed by atoms with Gasteiger partial charge < -0.3 is 24.9 Å². The van der Waals surface area contributed by atoms with Gasteiger partial charge in [0.2, 0.25) is 5.91 Å². The van der Waals surface area contributed by atoms with Crippen LogP contribution in [0.4, 0.5) is 5.69 Å². The highest BCUT2D eigenvalue weighted by Crippen LogP contribution is 2.39. The molecule has 0 bridgehead atoms. The molecule has 1 atom stereocenters. The third-order valence-corrected chi connectivity index (χ3v) is 5.95. The van der Waals surface area contributed by atoms with Gasteiger partial charge in [0.1, 0.15) is 0 Å². The lowest BCUT2D eigenvalue weighted by Gasteiger charge is -2.29. The Kier molecular flexibility index (Phi) is 6.62. The summed E-state index contributed by atoms with van der Waals surface area (Å²) in [6.07, 6.45) is 2.30. The van der Waals surface area contributed by atoms with Gasteiger partial charge in [0.05, 0.1) is 31.0 Å². The van der Waals surface area contributed by atoms with E-state index in [1.807, 2.05) is 37.3 Å². The number of nitrogens with zero attached hydrogens (tertiary/aromatic N) is 1. The number of fused-ring (bicyclic) bond motifs is 1. The van der Waals surface area contributed by atoms with E-state index in [9.17, 15) is 14.8 Å². The van der Waals surface area contributed by atoms with Crippen molar-refractivity contribution in [3.05, 3.63) is 53.1 Å². The molecule has 1 aliphatic heterocycles. The van der Waals surface area contributed by atoms with Crippen molar-refractivity contribution in [2.24, 2.45) is 5.92 Å². The molecular weight excluding hydrogens is 410 g/mol. The molecule has 0 unspecified atom stereocenters. The van der Waals surface area contributed by atoms with Gasteiger partial charge in [-0.15, -0.1) is 0 Å². The summed E-state index contributed by atoms with van der Waals surface area (Å²) in [6, 6.07) is 10.9. The van der Waals surface area contributed by atoms with E-state index in [1.54, 1.807) is 18.1 Å². The average Bonchev–Trinajstić information content (AvgIpc) is 3.59. The van der Waals surface area contributed by atoms with Crippen molar-refractivity contribution in [2.45, 2.75) is 38.8 Å². The minimum absolute atomic E-state index is 0.0257. The first-order chi connectivity index (χ1) is 15.6. The number of hydrogen-bond acceptors (Lipinski definition) is 6. The minimum atomic E-state index is -0.299. The maximum atomic E-state index is 13.5. The summed E-state index contributed by atoms with van der Waals surface area (Å²) in [5.74, 6) is 1.12. The van der Waals surface area contributed by atoms with Crippen LogP contribution in [0.1, 0.15) is 53.7 Å². The number of amides is 2. The van der Waals surface area contributed by atoms with Crippen molar-refractivity contribution in [3.8, 4) is 11.5 Å². The molecule has 1 saturated carbocycles. The van der Waals surface area contributed by atoms with Crippen LogP contribution < -0.4 is 20.3 Å². The van der Waals surface area contributed by atoms with E-state index in [1.165, 1.54) is 0 Å². The van der Waals surface area contributed by atoms with Crippen LogP contribution in [0.25, 0.3) is 0 Å². The number of anilines is 1. The lowest BCUT2D eigenvalue weighted by molar-refractivity contribution is -0.117. The summed E-state index contributed by atoms with van der Waals surface area (Å²) in [7, 11) is 1.59. The quantitative estimate of drug-likeness (QED) is 0.490. The number of carbonyl (C=O) groups is 2. The predicted molar refractivity (Wildman–Crippen MR) is 119 cm³/mol. The zero-order valence-corrected chi connectivity index (χ0v) is 18.4. The number of nitrogens with one attached hydrogen (secondary N) is 2. The van der Waals surface area contributed by atoms with Gasteiger partial charge in [-0.05, 0) is 55.5 Å². The van der Waals surface area contributed by atoms with Crippen molar-refractivity contribution >= 4 is 17.5 Å². The van der Waals surface area contributed by atoms with E-state index < -0.39 is 0 Å². The second-order valence-corrected chi connectivity index (χ2v) is 8.09. The Balaban J connectivity index is 1.65. The number of rotatable bonds is 10. The predicted octanol–water partition coefficient (Wildman–Crippen LogP) is 3.51. The summed E-state index contributed by atoms with van der Waals surface area (Å²) in [5.41, 5.74) is 5.07. The van der Waals surface area contributed by atoms with Crippen LogP contribution in [-0.4, -0.2) is 42.2 Å². The van der Waals surface area contributed by atoms with Gasteiger partial charge in [-0.25, -0.2) is 5.48 Å². The molecular formula is C24H29N3O5. The topological polar surface area (TPSA) is 100 Å². The van der Waals surface area contributed by atoms with Crippen molar-refractivity contribution in [2.75, 3.05) is 25.6 Å². The molecule has 0 aromatic heterocycles. The molecule has 1 heterocycles. The van der Waals surface area contributed by atoms with Crippen molar-refractivity contribution in [3.63, 3.8) is 0 Å². The summed E-state index contributed by atoms with van der Waals surface area (Å²) >= 11 is 0. The first-order valence-corrected chi connectivity index (χ1v) is 11.0. The van der Waals surface area contributed by atoms with Gasteiger partial charge in [0.15, 0.2) is 11.5 Å².